The first-order valence-electron chi connectivity index (χ1n) is 7.88. The summed E-state index contributed by atoms with van der Waals surface area (Å²) in [5.41, 5.74) is -8.74. The molecule has 1 saturated heterocycles. The zero-order valence-corrected chi connectivity index (χ0v) is 14.3. The summed E-state index contributed by atoms with van der Waals surface area (Å²) < 4.78 is 5.30. The molecule has 0 aliphatic carbocycles. The van der Waals surface area contributed by atoms with Crippen molar-refractivity contribution in [1.29, 1.82) is 0 Å². The average molecular weight is 416 g/mol. The molecule has 15 nitrogen and oxygen atoms in total. The number of carboxylic acid groups (broad SMARTS) is 3. The van der Waals surface area contributed by atoms with Crippen LogP contribution in [0.2, 0.25) is 0 Å². The van der Waals surface area contributed by atoms with Gasteiger partial charge in [-0.2, -0.15) is 9.78 Å². The Morgan fingerprint density at radius 1 is 1.14 bits per heavy atom. The van der Waals surface area contributed by atoms with Gasteiger partial charge in [-0.15, -0.1) is 0 Å². The number of carboxylic acids is 3. The minimum atomic E-state index is -3.20. The summed E-state index contributed by atoms with van der Waals surface area (Å²) in [6.07, 6.45) is -10.5. The second-order valence-corrected chi connectivity index (χ2v) is 6.38. The molecule has 4 N–H and O–H groups in total. The molecule has 0 saturated carbocycles. The van der Waals surface area contributed by atoms with Crippen molar-refractivity contribution in [2.45, 2.75) is 48.9 Å². The van der Waals surface area contributed by atoms with Crippen molar-refractivity contribution in [3.63, 3.8) is 0 Å². The van der Waals surface area contributed by atoms with E-state index in [0.717, 1.165) is 0 Å². The van der Waals surface area contributed by atoms with Crippen LogP contribution in [0.25, 0.3) is 0 Å². The number of ether oxygens (including phenoxy) is 1. The molecule has 2 rings (SSSR count). The van der Waals surface area contributed by atoms with Gasteiger partial charge in [0, 0.05) is 37.2 Å². The van der Waals surface area contributed by atoms with Crippen LogP contribution in [-0.4, -0.2) is 71.4 Å². The predicted octanol–water partition coefficient (Wildman–Crippen LogP) is -7.93. The van der Waals surface area contributed by atoms with Crippen molar-refractivity contribution in [3.8, 4) is 0 Å². The van der Waals surface area contributed by atoms with Crippen LogP contribution in [-0.2, 0) is 19.1 Å². The summed E-state index contributed by atoms with van der Waals surface area (Å²) in [7, 11) is 0. The van der Waals surface area contributed by atoms with Crippen molar-refractivity contribution < 1.29 is 49.8 Å². The molecule has 5 atom stereocenters. The van der Waals surface area contributed by atoms with Crippen LogP contribution in [0.4, 0.5) is 0 Å². The van der Waals surface area contributed by atoms with E-state index >= 15 is 0 Å². The van der Waals surface area contributed by atoms with Crippen molar-refractivity contribution in [2.75, 3.05) is 0 Å². The summed E-state index contributed by atoms with van der Waals surface area (Å²) >= 11 is 0. The lowest BCUT2D eigenvalue weighted by atomic mass is 9.74. The lowest BCUT2D eigenvalue weighted by Crippen LogP contribution is -2.64. The molecule has 0 spiro atoms. The highest BCUT2D eigenvalue weighted by molar-refractivity contribution is 5.70. The van der Waals surface area contributed by atoms with E-state index in [-0.39, 0.29) is 4.68 Å². The van der Waals surface area contributed by atoms with Crippen molar-refractivity contribution >= 4 is 17.9 Å². The van der Waals surface area contributed by atoms with Gasteiger partial charge < -0.3 is 49.8 Å². The van der Waals surface area contributed by atoms with E-state index < -0.39 is 78.1 Å². The van der Waals surface area contributed by atoms with E-state index in [9.17, 15) is 54.6 Å². The number of hydrogen-bond acceptors (Lipinski definition) is 13. The first kappa shape index (κ1) is 22.2. The first-order chi connectivity index (χ1) is 13.3. The van der Waals surface area contributed by atoms with Gasteiger partial charge in [-0.05, 0) is 0 Å². The highest BCUT2D eigenvalue weighted by Crippen LogP contribution is 2.49. The Bertz CT molecular complexity index is 940. The number of aliphatic hydroxyl groups excluding tert-OH is 1. The second-order valence-electron chi connectivity index (χ2n) is 6.38. The van der Waals surface area contributed by atoms with Crippen molar-refractivity contribution in [1.82, 2.24) is 14.8 Å². The fraction of sp³-hybridized carbons (Fsp3) is 0.571. The normalized spacial score (nSPS) is 30.0. The number of nitrogens with zero attached hydrogens (tertiary/aromatic N) is 2. The monoisotopic (exact) mass is 416 g/mol. The third-order valence-electron chi connectivity index (χ3n) is 4.42. The van der Waals surface area contributed by atoms with E-state index in [4.69, 9.17) is 4.74 Å². The summed E-state index contributed by atoms with van der Waals surface area (Å²) in [4.78, 5) is 58.0. The van der Waals surface area contributed by atoms with Gasteiger partial charge >= 0.3 is 5.69 Å². The number of H-pyrrole nitrogens is 1. The van der Waals surface area contributed by atoms with Crippen LogP contribution in [0.3, 0.4) is 0 Å². The minimum Gasteiger partial charge on any atom is -0.550 e. The molecule has 1 fully saturated rings. The Morgan fingerprint density at radius 3 is 2.17 bits per heavy atom. The first-order valence-corrected chi connectivity index (χ1v) is 7.88. The van der Waals surface area contributed by atoms with Crippen LogP contribution in [0.1, 0.15) is 25.5 Å². The van der Waals surface area contributed by atoms with E-state index in [1.807, 2.05) is 0 Å². The molecular weight excluding hydrogens is 402 g/mol. The van der Waals surface area contributed by atoms with Crippen molar-refractivity contribution in [2.24, 2.45) is 0 Å². The lowest BCUT2D eigenvalue weighted by molar-refractivity contribution is -0.322. The van der Waals surface area contributed by atoms with Crippen LogP contribution < -0.4 is 26.6 Å². The van der Waals surface area contributed by atoms with Crippen molar-refractivity contribution in [3.05, 3.63) is 27.0 Å². The van der Waals surface area contributed by atoms with Crippen LogP contribution in [0.15, 0.2) is 15.8 Å². The fourth-order valence-corrected chi connectivity index (χ4v) is 3.23. The second kappa shape index (κ2) is 7.70. The van der Waals surface area contributed by atoms with Gasteiger partial charge in [0.2, 0.25) is 0 Å². The molecule has 5 unspecified atom stereocenters. The summed E-state index contributed by atoms with van der Waals surface area (Å²) in [6, 6.07) is 0. The molecule has 1 aliphatic heterocycles. The highest BCUT2D eigenvalue weighted by Gasteiger charge is 2.68. The van der Waals surface area contributed by atoms with E-state index in [1.165, 1.54) is 0 Å². The van der Waals surface area contributed by atoms with Crippen LogP contribution in [0, 0.1) is 0 Å². The number of carbonyl (C=O) groups excluding carboxylic acids is 3. The number of hydrogen-bond donors (Lipinski definition) is 4. The minimum absolute atomic E-state index is 0.177. The predicted molar refractivity (Wildman–Crippen MR) is 77.8 cm³/mol. The third kappa shape index (κ3) is 4.02. The van der Waals surface area contributed by atoms with Gasteiger partial charge in [0.1, 0.15) is 23.5 Å². The topological polar surface area (TPSA) is 258 Å². The smallest absolute Gasteiger partial charge is 0.347 e. The molecule has 0 bridgehead atoms. The zero-order valence-electron chi connectivity index (χ0n) is 14.3. The molecule has 0 amide bonds. The number of rotatable bonds is 8. The van der Waals surface area contributed by atoms with E-state index in [2.05, 4.69) is 5.10 Å². The fourth-order valence-electron chi connectivity index (χ4n) is 3.23. The SMILES string of the molecule is O=C([O-])CC(O)C1OC(n2ncc(=O)[nH]c2=O)C(O)(CC(=O)[O-])C1(O)CC(=O)[O-]. The number of aromatic amines is 1. The molecule has 0 radical (unpaired) electrons. The standard InChI is InChI=1S/C14H17N3O12/c18-5(1-7(20)21)10-13(27,2-8(22)23)14(28,3-9(24)25)11(29-10)17-12(26)16-6(19)4-15-17/h4-5,10-11,18,27-28H,1-3H2,(H,20,21)(H,22,23)(H,24,25)(H,16,19,26)/p-3. The molecule has 15 heteroatoms. The zero-order chi connectivity index (χ0) is 22.1. The van der Waals surface area contributed by atoms with Gasteiger partial charge in [-0.3, -0.25) is 9.78 Å². The van der Waals surface area contributed by atoms with Gasteiger partial charge in [-0.1, -0.05) is 0 Å². The molecule has 1 aliphatic rings. The number of carbonyl (C=O) groups is 3. The average Bonchev–Trinajstić information content (AvgIpc) is 2.74. The molecule has 29 heavy (non-hydrogen) atoms. The number of aliphatic hydroxyl groups is 3. The molecule has 160 valence electrons. The summed E-state index contributed by atoms with van der Waals surface area (Å²) in [5, 5.41) is 68.3. The molecule has 1 aromatic rings. The van der Waals surface area contributed by atoms with Gasteiger partial charge in [-0.25, -0.2) is 4.79 Å². The maximum absolute atomic E-state index is 12.0. The van der Waals surface area contributed by atoms with E-state index in [1.54, 1.807) is 4.98 Å². The Hall–Kier alpha value is -3.14. The van der Waals surface area contributed by atoms with Gasteiger partial charge in [0.25, 0.3) is 5.56 Å². The Balaban J connectivity index is 2.70. The van der Waals surface area contributed by atoms with E-state index in [0.29, 0.717) is 6.20 Å². The number of aromatic nitrogens is 3. The van der Waals surface area contributed by atoms with Crippen LogP contribution in [0.5, 0.6) is 0 Å². The lowest BCUT2D eigenvalue weighted by Gasteiger charge is -2.42. The number of nitrogens with one attached hydrogen (secondary N) is 1. The summed E-state index contributed by atoms with van der Waals surface area (Å²) in [5.74, 6) is -5.94. The number of aliphatic carboxylic acids is 3. The highest BCUT2D eigenvalue weighted by atomic mass is 16.6. The Labute approximate surface area is 159 Å². The molecule has 1 aromatic heterocycles. The Kier molecular flexibility index (Phi) is 5.89. The van der Waals surface area contributed by atoms with Crippen LogP contribution >= 0.6 is 0 Å². The largest absolute Gasteiger partial charge is 0.550 e. The maximum atomic E-state index is 12.0. The molecular formula is C14H14N3O12-3. The van der Waals surface area contributed by atoms with Gasteiger partial charge in [0.05, 0.1) is 6.10 Å². The third-order valence-corrected chi connectivity index (χ3v) is 4.42. The van der Waals surface area contributed by atoms with Gasteiger partial charge in [0.15, 0.2) is 6.23 Å². The molecule has 0 aromatic carbocycles. The maximum Gasteiger partial charge on any atom is 0.347 e. The molecule has 2 heterocycles. The quantitative estimate of drug-likeness (QED) is 0.307. The Morgan fingerprint density at radius 2 is 1.69 bits per heavy atom. The summed E-state index contributed by atoms with van der Waals surface area (Å²) in [6.45, 7) is 0.